The van der Waals surface area contributed by atoms with E-state index in [0.717, 1.165) is 5.69 Å². The molecule has 0 saturated heterocycles. The summed E-state index contributed by atoms with van der Waals surface area (Å²) in [5.74, 6) is 0. The van der Waals surface area contributed by atoms with E-state index in [-0.39, 0.29) is 4.90 Å². The van der Waals surface area contributed by atoms with Gasteiger partial charge < -0.3 is 5.32 Å². The Balaban J connectivity index is 2.26. The molecule has 0 aliphatic carbocycles. The van der Waals surface area contributed by atoms with E-state index in [2.05, 4.69) is 31.3 Å². The molecule has 5 heteroatoms. The van der Waals surface area contributed by atoms with Gasteiger partial charge in [-0.2, -0.15) is 0 Å². The molecule has 0 fully saturated rings. The van der Waals surface area contributed by atoms with Crippen LogP contribution >= 0.6 is 0 Å². The van der Waals surface area contributed by atoms with Gasteiger partial charge in [-0.05, 0) is 55.2 Å². The van der Waals surface area contributed by atoms with Crippen LogP contribution in [0.25, 0.3) is 0 Å². The Morgan fingerprint density at radius 2 is 1.62 bits per heavy atom. The summed E-state index contributed by atoms with van der Waals surface area (Å²) in [6.45, 7) is 6.50. The van der Waals surface area contributed by atoms with Crippen molar-refractivity contribution < 1.29 is 8.42 Å². The quantitative estimate of drug-likeness (QED) is 0.912. The molecule has 2 aromatic rings. The SMILES string of the molecule is Cc1ccc(NCc2c(C)cccc2C)cc1S(N)(=O)=O. The summed E-state index contributed by atoms with van der Waals surface area (Å²) in [5, 5.41) is 8.49. The van der Waals surface area contributed by atoms with Crippen LogP contribution in [0.15, 0.2) is 41.3 Å². The molecule has 0 aliphatic rings. The molecule has 0 heterocycles. The molecule has 0 atom stereocenters. The van der Waals surface area contributed by atoms with Crippen molar-refractivity contribution >= 4 is 15.7 Å². The molecular formula is C16H20N2O2S. The first-order valence-corrected chi connectivity index (χ1v) is 8.26. The van der Waals surface area contributed by atoms with Crippen molar-refractivity contribution in [3.8, 4) is 0 Å². The van der Waals surface area contributed by atoms with Crippen molar-refractivity contribution in [3.63, 3.8) is 0 Å². The van der Waals surface area contributed by atoms with Gasteiger partial charge in [-0.1, -0.05) is 24.3 Å². The molecule has 0 aliphatic heterocycles. The van der Waals surface area contributed by atoms with Crippen LogP contribution in [0.5, 0.6) is 0 Å². The standard InChI is InChI=1S/C16H20N2O2S/c1-11-5-4-6-12(2)15(11)10-18-14-8-7-13(3)16(9-14)21(17,19)20/h4-9,18H,10H2,1-3H3,(H2,17,19,20). The first-order chi connectivity index (χ1) is 9.79. The Bertz CT molecular complexity index is 748. The number of benzene rings is 2. The van der Waals surface area contributed by atoms with E-state index in [4.69, 9.17) is 5.14 Å². The Kier molecular flexibility index (Phi) is 4.34. The summed E-state index contributed by atoms with van der Waals surface area (Å²) in [5.41, 5.74) is 5.03. The van der Waals surface area contributed by atoms with Gasteiger partial charge in [0, 0.05) is 12.2 Å². The first kappa shape index (κ1) is 15.5. The van der Waals surface area contributed by atoms with E-state index >= 15 is 0 Å². The second-order valence-corrected chi connectivity index (χ2v) is 6.78. The van der Waals surface area contributed by atoms with E-state index in [1.807, 2.05) is 12.1 Å². The third-order valence-electron chi connectivity index (χ3n) is 3.61. The summed E-state index contributed by atoms with van der Waals surface area (Å²) < 4.78 is 23.1. The van der Waals surface area contributed by atoms with E-state index in [9.17, 15) is 8.42 Å². The molecule has 112 valence electrons. The minimum atomic E-state index is -3.70. The molecule has 0 unspecified atom stereocenters. The van der Waals surface area contributed by atoms with Crippen LogP contribution in [0, 0.1) is 20.8 Å². The van der Waals surface area contributed by atoms with Crippen LogP contribution < -0.4 is 10.5 Å². The lowest BCUT2D eigenvalue weighted by atomic mass is 10.0. The van der Waals surface area contributed by atoms with Gasteiger partial charge in [-0.3, -0.25) is 0 Å². The number of anilines is 1. The lowest BCUT2D eigenvalue weighted by Gasteiger charge is -2.13. The zero-order chi connectivity index (χ0) is 15.6. The Hall–Kier alpha value is -1.85. The minimum absolute atomic E-state index is 0.161. The van der Waals surface area contributed by atoms with Crippen molar-refractivity contribution in [2.75, 3.05) is 5.32 Å². The summed E-state index contributed by atoms with van der Waals surface area (Å²) >= 11 is 0. The van der Waals surface area contributed by atoms with Crippen LogP contribution in [0.3, 0.4) is 0 Å². The average molecular weight is 304 g/mol. The number of rotatable bonds is 4. The van der Waals surface area contributed by atoms with Crippen molar-refractivity contribution in [3.05, 3.63) is 58.7 Å². The number of sulfonamides is 1. The Morgan fingerprint density at radius 3 is 2.19 bits per heavy atom. The van der Waals surface area contributed by atoms with E-state index in [1.54, 1.807) is 19.1 Å². The highest BCUT2D eigenvalue weighted by atomic mass is 32.2. The third kappa shape index (κ3) is 3.62. The number of hydrogen-bond acceptors (Lipinski definition) is 3. The predicted octanol–water partition coefficient (Wildman–Crippen LogP) is 2.87. The molecule has 2 aromatic carbocycles. The van der Waals surface area contributed by atoms with Crippen molar-refractivity contribution in [1.29, 1.82) is 0 Å². The zero-order valence-corrected chi connectivity index (χ0v) is 13.3. The highest BCUT2D eigenvalue weighted by Crippen LogP contribution is 2.21. The van der Waals surface area contributed by atoms with E-state index in [0.29, 0.717) is 12.1 Å². The smallest absolute Gasteiger partial charge is 0.238 e. The summed E-state index contributed by atoms with van der Waals surface area (Å²) in [4.78, 5) is 0.161. The molecule has 0 bridgehead atoms. The van der Waals surface area contributed by atoms with E-state index in [1.165, 1.54) is 16.7 Å². The van der Waals surface area contributed by atoms with Gasteiger partial charge in [-0.15, -0.1) is 0 Å². The topological polar surface area (TPSA) is 72.2 Å². The molecule has 0 spiro atoms. The lowest BCUT2D eigenvalue weighted by molar-refractivity contribution is 0.597. The Morgan fingerprint density at radius 1 is 1.00 bits per heavy atom. The zero-order valence-electron chi connectivity index (χ0n) is 12.5. The van der Waals surface area contributed by atoms with Gasteiger partial charge in [0.15, 0.2) is 0 Å². The van der Waals surface area contributed by atoms with Crippen LogP contribution in [0.4, 0.5) is 5.69 Å². The van der Waals surface area contributed by atoms with Gasteiger partial charge in [0.2, 0.25) is 10.0 Å². The summed E-state index contributed by atoms with van der Waals surface area (Å²) in [6, 6.07) is 11.4. The monoisotopic (exact) mass is 304 g/mol. The maximum absolute atomic E-state index is 11.5. The minimum Gasteiger partial charge on any atom is -0.381 e. The average Bonchev–Trinajstić information content (AvgIpc) is 2.38. The number of nitrogens with one attached hydrogen (secondary N) is 1. The second-order valence-electron chi connectivity index (χ2n) is 5.25. The van der Waals surface area contributed by atoms with Crippen molar-refractivity contribution in [2.45, 2.75) is 32.2 Å². The number of nitrogens with two attached hydrogens (primary N) is 1. The van der Waals surface area contributed by atoms with Crippen molar-refractivity contribution in [2.24, 2.45) is 5.14 Å². The molecule has 0 saturated carbocycles. The normalized spacial score (nSPS) is 11.4. The fraction of sp³-hybridized carbons (Fsp3) is 0.250. The highest BCUT2D eigenvalue weighted by molar-refractivity contribution is 7.89. The van der Waals surface area contributed by atoms with Crippen molar-refractivity contribution in [1.82, 2.24) is 0 Å². The second kappa shape index (κ2) is 5.87. The van der Waals surface area contributed by atoms with Crippen LogP contribution in [0.1, 0.15) is 22.3 Å². The molecule has 4 nitrogen and oxygen atoms in total. The van der Waals surface area contributed by atoms with Crippen LogP contribution in [0.2, 0.25) is 0 Å². The predicted molar refractivity (Wildman–Crippen MR) is 85.8 cm³/mol. The molecule has 0 amide bonds. The molecule has 3 N–H and O–H groups in total. The molecular weight excluding hydrogens is 284 g/mol. The first-order valence-electron chi connectivity index (χ1n) is 6.71. The fourth-order valence-corrected chi connectivity index (χ4v) is 3.14. The number of primary sulfonamides is 1. The van der Waals surface area contributed by atoms with Crippen LogP contribution in [-0.4, -0.2) is 8.42 Å². The number of hydrogen-bond donors (Lipinski definition) is 2. The van der Waals surface area contributed by atoms with Crippen LogP contribution in [-0.2, 0) is 16.6 Å². The summed E-state index contributed by atoms with van der Waals surface area (Å²) in [6.07, 6.45) is 0. The lowest BCUT2D eigenvalue weighted by Crippen LogP contribution is -2.14. The summed E-state index contributed by atoms with van der Waals surface area (Å²) in [7, 11) is -3.70. The largest absolute Gasteiger partial charge is 0.381 e. The molecule has 2 rings (SSSR count). The maximum Gasteiger partial charge on any atom is 0.238 e. The Labute approximate surface area is 126 Å². The van der Waals surface area contributed by atoms with Gasteiger partial charge in [0.1, 0.15) is 0 Å². The van der Waals surface area contributed by atoms with Gasteiger partial charge in [0.25, 0.3) is 0 Å². The number of aryl methyl sites for hydroxylation is 3. The highest BCUT2D eigenvalue weighted by Gasteiger charge is 2.12. The third-order valence-corrected chi connectivity index (χ3v) is 4.66. The van der Waals surface area contributed by atoms with E-state index < -0.39 is 10.0 Å². The van der Waals surface area contributed by atoms with Gasteiger partial charge in [0.05, 0.1) is 4.90 Å². The molecule has 0 aromatic heterocycles. The molecule has 0 radical (unpaired) electrons. The van der Waals surface area contributed by atoms with Gasteiger partial charge in [-0.25, -0.2) is 13.6 Å². The fourth-order valence-electron chi connectivity index (χ4n) is 2.33. The maximum atomic E-state index is 11.5. The van der Waals surface area contributed by atoms with Gasteiger partial charge >= 0.3 is 0 Å². The molecule has 21 heavy (non-hydrogen) atoms.